The number of nitrogens with zero attached hydrogens (tertiary/aromatic N) is 1. The van der Waals surface area contributed by atoms with Crippen molar-refractivity contribution >= 4 is 7.82 Å². The van der Waals surface area contributed by atoms with Gasteiger partial charge in [0.1, 0.15) is 5.76 Å². The molecule has 2 aliphatic carbocycles. The van der Waals surface area contributed by atoms with Crippen LogP contribution >= 0.6 is 7.82 Å². The molecule has 0 heterocycles. The lowest BCUT2D eigenvalue weighted by Gasteiger charge is -2.24. The molecule has 0 aromatic rings. The number of allylic oxidation sites excluding steroid dienone is 3. The zero-order valence-corrected chi connectivity index (χ0v) is 12.8. The van der Waals surface area contributed by atoms with Crippen molar-refractivity contribution in [3.63, 3.8) is 0 Å². The molecule has 1 unspecified atom stereocenters. The van der Waals surface area contributed by atoms with Crippen molar-refractivity contribution in [1.29, 1.82) is 5.26 Å². The maximum absolute atomic E-state index is 12.5. The molecule has 5 nitrogen and oxygen atoms in total. The van der Waals surface area contributed by atoms with Crippen LogP contribution in [0.5, 0.6) is 0 Å². The zero-order valence-electron chi connectivity index (χ0n) is 11.9. The first-order valence-electron chi connectivity index (χ1n) is 7.04. The summed E-state index contributed by atoms with van der Waals surface area (Å²) < 4.78 is 28.3. The van der Waals surface area contributed by atoms with Crippen molar-refractivity contribution < 1.29 is 18.1 Å². The van der Waals surface area contributed by atoms with E-state index in [-0.39, 0.29) is 13.2 Å². The summed E-state index contributed by atoms with van der Waals surface area (Å²) in [5.74, 6) is 0.849. The molecule has 0 radical (unpaired) electrons. The lowest BCUT2D eigenvalue weighted by molar-refractivity contribution is 0.146. The maximum atomic E-state index is 12.5. The number of fused-ring (bicyclic) bond motifs is 1. The van der Waals surface area contributed by atoms with Crippen LogP contribution in [0.3, 0.4) is 0 Å². The first-order chi connectivity index (χ1) is 9.61. The molecular weight excluding hydrogens is 277 g/mol. The number of nitriles is 1. The molecule has 0 bridgehead atoms. The quantitative estimate of drug-likeness (QED) is 0.691. The second-order valence-corrected chi connectivity index (χ2v) is 6.43. The van der Waals surface area contributed by atoms with Crippen LogP contribution in [0, 0.1) is 17.2 Å². The highest BCUT2D eigenvalue weighted by molar-refractivity contribution is 7.48. The van der Waals surface area contributed by atoms with E-state index in [1.807, 2.05) is 0 Å². The third-order valence-electron chi connectivity index (χ3n) is 3.51. The van der Waals surface area contributed by atoms with E-state index in [9.17, 15) is 4.57 Å². The van der Waals surface area contributed by atoms with Gasteiger partial charge in [0.15, 0.2) is 0 Å². The van der Waals surface area contributed by atoms with Crippen LogP contribution < -0.4 is 0 Å². The van der Waals surface area contributed by atoms with E-state index in [2.05, 4.69) is 6.07 Å². The van der Waals surface area contributed by atoms with Crippen LogP contribution in [0.1, 0.15) is 39.5 Å². The first-order valence-corrected chi connectivity index (χ1v) is 8.50. The molecule has 1 fully saturated rings. The summed E-state index contributed by atoms with van der Waals surface area (Å²) in [5, 5.41) is 9.11. The number of phosphoric acid groups is 1. The van der Waals surface area contributed by atoms with Crippen LogP contribution in [0.4, 0.5) is 0 Å². The molecule has 2 rings (SSSR count). The Balaban J connectivity index is 2.27. The van der Waals surface area contributed by atoms with Gasteiger partial charge in [-0.15, -0.1) is 0 Å². The summed E-state index contributed by atoms with van der Waals surface area (Å²) >= 11 is 0. The molecule has 6 heteroatoms. The van der Waals surface area contributed by atoms with E-state index in [0.29, 0.717) is 17.3 Å². The Morgan fingerprint density at radius 1 is 1.40 bits per heavy atom. The molecule has 0 N–H and O–H groups in total. The van der Waals surface area contributed by atoms with E-state index in [1.54, 1.807) is 19.9 Å². The summed E-state index contributed by atoms with van der Waals surface area (Å²) in [4.78, 5) is 0. The summed E-state index contributed by atoms with van der Waals surface area (Å²) in [6, 6.07) is 2.17. The van der Waals surface area contributed by atoms with Crippen LogP contribution in [0.2, 0.25) is 0 Å². The maximum Gasteiger partial charge on any atom is 0.530 e. The Labute approximate surface area is 119 Å². The van der Waals surface area contributed by atoms with Crippen LogP contribution in [-0.4, -0.2) is 13.2 Å². The number of rotatable bonds is 6. The van der Waals surface area contributed by atoms with Gasteiger partial charge in [-0.2, -0.15) is 5.26 Å². The highest BCUT2D eigenvalue weighted by Crippen LogP contribution is 2.54. The van der Waals surface area contributed by atoms with Gasteiger partial charge in [0, 0.05) is 5.57 Å². The summed E-state index contributed by atoms with van der Waals surface area (Å²) in [5.41, 5.74) is 1.80. The van der Waals surface area contributed by atoms with E-state index < -0.39 is 7.82 Å². The van der Waals surface area contributed by atoms with Crippen molar-refractivity contribution in [2.75, 3.05) is 13.2 Å². The molecule has 0 aromatic carbocycles. The van der Waals surface area contributed by atoms with E-state index in [4.69, 9.17) is 18.8 Å². The second-order valence-electron chi connectivity index (χ2n) is 4.84. The Hall–Kier alpha value is -1.08. The summed E-state index contributed by atoms with van der Waals surface area (Å²) in [6.45, 7) is 3.97. The molecule has 0 saturated heterocycles. The minimum absolute atomic E-state index is 0.248. The zero-order chi connectivity index (χ0) is 14.6. The van der Waals surface area contributed by atoms with Crippen molar-refractivity contribution in [2.45, 2.75) is 39.5 Å². The molecular formula is C14H20NO4P. The molecule has 20 heavy (non-hydrogen) atoms. The number of phosphoric ester groups is 1. The van der Waals surface area contributed by atoms with Gasteiger partial charge in [-0.1, -0.05) is 0 Å². The molecule has 0 amide bonds. The van der Waals surface area contributed by atoms with Gasteiger partial charge in [0.05, 0.1) is 19.3 Å². The standard InChI is InChI=1S/C14H20NO4P/c1-3-17-20(16,18-4-2)19-14-9-11(10-15)8-12-6-5-7-13(12)14/h9,12H,3-8H2,1-2H3. The molecule has 2 aliphatic rings. The molecule has 1 saturated carbocycles. The van der Waals surface area contributed by atoms with Gasteiger partial charge < -0.3 is 4.52 Å². The monoisotopic (exact) mass is 297 g/mol. The Kier molecular flexibility index (Phi) is 5.04. The Morgan fingerprint density at radius 3 is 2.70 bits per heavy atom. The SMILES string of the molecule is CCOP(=O)(OCC)OC1=C2CCCC2CC(C#N)=C1. The van der Waals surface area contributed by atoms with Crippen molar-refractivity contribution in [3.8, 4) is 6.07 Å². The third-order valence-corrected chi connectivity index (χ3v) is 5.08. The number of hydrogen-bond acceptors (Lipinski definition) is 5. The van der Waals surface area contributed by atoms with E-state index >= 15 is 0 Å². The minimum Gasteiger partial charge on any atom is -0.404 e. The Bertz CT molecular complexity index is 508. The first kappa shape index (κ1) is 15.3. The van der Waals surface area contributed by atoms with Gasteiger partial charge in [0.25, 0.3) is 0 Å². The minimum atomic E-state index is -3.59. The van der Waals surface area contributed by atoms with Gasteiger partial charge >= 0.3 is 7.82 Å². The summed E-state index contributed by atoms with van der Waals surface area (Å²) in [7, 11) is -3.59. The van der Waals surface area contributed by atoms with Gasteiger partial charge in [-0.25, -0.2) is 4.57 Å². The topological polar surface area (TPSA) is 68.6 Å². The molecule has 0 aliphatic heterocycles. The van der Waals surface area contributed by atoms with Crippen molar-refractivity contribution in [2.24, 2.45) is 5.92 Å². The molecule has 1 atom stereocenters. The van der Waals surface area contributed by atoms with Crippen molar-refractivity contribution in [1.82, 2.24) is 0 Å². The third kappa shape index (κ3) is 3.32. The largest absolute Gasteiger partial charge is 0.530 e. The predicted molar refractivity (Wildman–Crippen MR) is 74.6 cm³/mol. The second kappa shape index (κ2) is 6.58. The fraction of sp³-hybridized carbons (Fsp3) is 0.643. The number of hydrogen-bond donors (Lipinski definition) is 0. The van der Waals surface area contributed by atoms with Crippen LogP contribution in [0.25, 0.3) is 0 Å². The lowest BCUT2D eigenvalue weighted by Crippen LogP contribution is -2.09. The predicted octanol–water partition coefficient (Wildman–Crippen LogP) is 4.09. The van der Waals surface area contributed by atoms with Gasteiger partial charge in [-0.05, 0) is 57.1 Å². The molecule has 110 valence electrons. The average molecular weight is 297 g/mol. The normalized spacial score (nSPS) is 22.2. The molecule has 0 spiro atoms. The van der Waals surface area contributed by atoms with Crippen LogP contribution in [0.15, 0.2) is 23.0 Å². The fourth-order valence-corrected chi connectivity index (χ4v) is 3.96. The smallest absolute Gasteiger partial charge is 0.404 e. The van der Waals surface area contributed by atoms with Gasteiger partial charge in [-0.3, -0.25) is 9.05 Å². The fourth-order valence-electron chi connectivity index (χ4n) is 2.73. The highest BCUT2D eigenvalue weighted by Gasteiger charge is 2.34. The van der Waals surface area contributed by atoms with Crippen molar-refractivity contribution in [3.05, 3.63) is 23.0 Å². The summed E-state index contributed by atoms with van der Waals surface area (Å²) in [6.07, 6.45) is 5.49. The van der Waals surface area contributed by atoms with E-state index in [1.165, 1.54) is 0 Å². The lowest BCUT2D eigenvalue weighted by atomic mass is 9.89. The van der Waals surface area contributed by atoms with Gasteiger partial charge in [0.2, 0.25) is 0 Å². The Morgan fingerprint density at radius 2 is 2.10 bits per heavy atom. The average Bonchev–Trinajstić information content (AvgIpc) is 2.87. The molecule has 0 aromatic heterocycles. The highest BCUT2D eigenvalue weighted by atomic mass is 31.2. The van der Waals surface area contributed by atoms with Crippen LogP contribution in [-0.2, 0) is 18.1 Å². The van der Waals surface area contributed by atoms with E-state index in [0.717, 1.165) is 31.3 Å².